The smallest absolute Gasteiger partial charge is 0.223 e. The van der Waals surface area contributed by atoms with Crippen LogP contribution in [-0.4, -0.2) is 32.1 Å². The van der Waals surface area contributed by atoms with Crippen molar-refractivity contribution in [2.75, 3.05) is 20.2 Å². The first-order valence-corrected chi connectivity index (χ1v) is 7.83. The second kappa shape index (κ2) is 8.03. The molecule has 1 amide bonds. The number of piperidine rings is 1. The SMILES string of the molecule is COc1ccc(CCC(C)NC(=O)C2CCNCC2)cc1. The first-order valence-electron chi connectivity index (χ1n) is 7.83. The van der Waals surface area contributed by atoms with Gasteiger partial charge in [0.2, 0.25) is 5.91 Å². The van der Waals surface area contributed by atoms with E-state index in [-0.39, 0.29) is 17.9 Å². The fourth-order valence-corrected chi connectivity index (χ4v) is 2.69. The summed E-state index contributed by atoms with van der Waals surface area (Å²) >= 11 is 0. The van der Waals surface area contributed by atoms with Crippen molar-refractivity contribution in [1.82, 2.24) is 10.6 Å². The highest BCUT2D eigenvalue weighted by atomic mass is 16.5. The number of hydrogen-bond donors (Lipinski definition) is 2. The molecule has 1 atom stereocenters. The van der Waals surface area contributed by atoms with Crippen LogP contribution in [0.3, 0.4) is 0 Å². The molecule has 0 bridgehead atoms. The van der Waals surface area contributed by atoms with Crippen molar-refractivity contribution < 1.29 is 9.53 Å². The quantitative estimate of drug-likeness (QED) is 0.844. The summed E-state index contributed by atoms with van der Waals surface area (Å²) in [6.45, 7) is 4.00. The van der Waals surface area contributed by atoms with Crippen LogP contribution in [0.1, 0.15) is 31.7 Å². The van der Waals surface area contributed by atoms with Crippen LogP contribution in [0.5, 0.6) is 5.75 Å². The van der Waals surface area contributed by atoms with Crippen LogP contribution in [0.25, 0.3) is 0 Å². The number of methoxy groups -OCH3 is 1. The molecule has 1 aliphatic heterocycles. The van der Waals surface area contributed by atoms with Crippen LogP contribution < -0.4 is 15.4 Å². The molecule has 116 valence electrons. The second-order valence-electron chi connectivity index (χ2n) is 5.82. The number of nitrogens with one attached hydrogen (secondary N) is 2. The van der Waals surface area contributed by atoms with Crippen LogP contribution >= 0.6 is 0 Å². The summed E-state index contributed by atoms with van der Waals surface area (Å²) in [5.41, 5.74) is 1.28. The Morgan fingerprint density at radius 2 is 2.00 bits per heavy atom. The summed E-state index contributed by atoms with van der Waals surface area (Å²) in [4.78, 5) is 12.1. The summed E-state index contributed by atoms with van der Waals surface area (Å²) in [6, 6.07) is 8.34. The Morgan fingerprint density at radius 3 is 2.62 bits per heavy atom. The maximum Gasteiger partial charge on any atom is 0.223 e. The van der Waals surface area contributed by atoms with Gasteiger partial charge < -0.3 is 15.4 Å². The predicted octanol–water partition coefficient (Wildman–Crippen LogP) is 2.13. The number of amides is 1. The van der Waals surface area contributed by atoms with Gasteiger partial charge in [0.15, 0.2) is 0 Å². The van der Waals surface area contributed by atoms with Gasteiger partial charge >= 0.3 is 0 Å². The van der Waals surface area contributed by atoms with Gasteiger partial charge in [0.05, 0.1) is 7.11 Å². The molecule has 4 heteroatoms. The van der Waals surface area contributed by atoms with Gasteiger partial charge in [-0.05, 0) is 63.4 Å². The molecule has 2 rings (SSSR count). The van der Waals surface area contributed by atoms with E-state index < -0.39 is 0 Å². The van der Waals surface area contributed by atoms with E-state index in [4.69, 9.17) is 4.74 Å². The third-order valence-electron chi connectivity index (χ3n) is 4.12. The van der Waals surface area contributed by atoms with Gasteiger partial charge in [0.25, 0.3) is 0 Å². The molecule has 0 aliphatic carbocycles. The van der Waals surface area contributed by atoms with Gasteiger partial charge in [-0.3, -0.25) is 4.79 Å². The lowest BCUT2D eigenvalue weighted by molar-refractivity contribution is -0.126. The highest BCUT2D eigenvalue weighted by Gasteiger charge is 2.21. The molecule has 2 N–H and O–H groups in total. The Balaban J connectivity index is 1.73. The Bertz CT molecular complexity index is 439. The maximum atomic E-state index is 12.1. The Labute approximate surface area is 127 Å². The van der Waals surface area contributed by atoms with E-state index in [1.165, 1.54) is 5.56 Å². The number of benzene rings is 1. The van der Waals surface area contributed by atoms with Crippen LogP contribution in [0.2, 0.25) is 0 Å². The van der Waals surface area contributed by atoms with Crippen LogP contribution in [0.15, 0.2) is 24.3 Å². The zero-order valence-corrected chi connectivity index (χ0v) is 13.0. The minimum Gasteiger partial charge on any atom is -0.497 e. The van der Waals surface area contributed by atoms with Gasteiger partial charge in [-0.25, -0.2) is 0 Å². The van der Waals surface area contributed by atoms with E-state index in [1.807, 2.05) is 12.1 Å². The molecule has 0 aromatic heterocycles. The fourth-order valence-electron chi connectivity index (χ4n) is 2.69. The summed E-state index contributed by atoms with van der Waals surface area (Å²) in [5, 5.41) is 6.44. The molecule has 1 aromatic carbocycles. The number of ether oxygens (including phenoxy) is 1. The topological polar surface area (TPSA) is 50.4 Å². The van der Waals surface area contributed by atoms with E-state index >= 15 is 0 Å². The third-order valence-corrected chi connectivity index (χ3v) is 4.12. The molecule has 1 fully saturated rings. The molecule has 1 unspecified atom stereocenters. The monoisotopic (exact) mass is 290 g/mol. The number of carbonyl (C=O) groups is 1. The number of hydrogen-bond acceptors (Lipinski definition) is 3. The molecule has 1 aromatic rings. The molecule has 21 heavy (non-hydrogen) atoms. The van der Waals surface area contributed by atoms with Crippen LogP contribution in [-0.2, 0) is 11.2 Å². The number of rotatable bonds is 6. The van der Waals surface area contributed by atoms with Crippen molar-refractivity contribution in [2.24, 2.45) is 5.92 Å². The zero-order valence-electron chi connectivity index (χ0n) is 13.0. The van der Waals surface area contributed by atoms with Gasteiger partial charge in [-0.2, -0.15) is 0 Å². The molecular formula is C17H26N2O2. The number of aryl methyl sites for hydroxylation is 1. The highest BCUT2D eigenvalue weighted by Crippen LogP contribution is 2.14. The average molecular weight is 290 g/mol. The van der Waals surface area contributed by atoms with Gasteiger partial charge in [-0.15, -0.1) is 0 Å². The zero-order chi connectivity index (χ0) is 15.1. The molecule has 1 saturated heterocycles. The standard InChI is InChI=1S/C17H26N2O2/c1-13(19-17(20)15-9-11-18-12-10-15)3-4-14-5-7-16(21-2)8-6-14/h5-8,13,15,18H,3-4,9-12H2,1-2H3,(H,19,20). The van der Waals surface area contributed by atoms with Crippen LogP contribution in [0.4, 0.5) is 0 Å². The van der Waals surface area contributed by atoms with Crippen molar-refractivity contribution in [3.8, 4) is 5.75 Å². The molecule has 4 nitrogen and oxygen atoms in total. The molecule has 1 heterocycles. The van der Waals surface area contributed by atoms with E-state index in [0.717, 1.165) is 44.5 Å². The van der Waals surface area contributed by atoms with Gasteiger partial charge in [-0.1, -0.05) is 12.1 Å². The molecule has 0 spiro atoms. The first-order chi connectivity index (χ1) is 10.2. The summed E-state index contributed by atoms with van der Waals surface area (Å²) in [6.07, 6.45) is 3.84. The Hall–Kier alpha value is -1.55. The lowest BCUT2D eigenvalue weighted by Crippen LogP contribution is -2.41. The number of carbonyl (C=O) groups excluding carboxylic acids is 1. The Morgan fingerprint density at radius 1 is 1.33 bits per heavy atom. The molecule has 0 saturated carbocycles. The van der Waals surface area contributed by atoms with Crippen molar-refractivity contribution in [1.29, 1.82) is 0 Å². The minimum absolute atomic E-state index is 0.190. The maximum absolute atomic E-state index is 12.1. The highest BCUT2D eigenvalue weighted by molar-refractivity contribution is 5.79. The molecular weight excluding hydrogens is 264 g/mol. The summed E-state index contributed by atoms with van der Waals surface area (Å²) in [7, 11) is 1.67. The van der Waals surface area contributed by atoms with E-state index in [1.54, 1.807) is 7.11 Å². The van der Waals surface area contributed by atoms with Gasteiger partial charge in [0, 0.05) is 12.0 Å². The van der Waals surface area contributed by atoms with E-state index in [2.05, 4.69) is 29.7 Å². The lowest BCUT2D eigenvalue weighted by atomic mass is 9.96. The Kier molecular flexibility index (Phi) is 6.05. The van der Waals surface area contributed by atoms with Crippen LogP contribution in [0, 0.1) is 5.92 Å². The molecule has 0 radical (unpaired) electrons. The third kappa shape index (κ3) is 5.05. The minimum atomic E-state index is 0.190. The summed E-state index contributed by atoms with van der Waals surface area (Å²) in [5.74, 6) is 1.29. The lowest BCUT2D eigenvalue weighted by Gasteiger charge is -2.24. The first kappa shape index (κ1) is 15.8. The van der Waals surface area contributed by atoms with Crippen molar-refractivity contribution >= 4 is 5.91 Å². The van der Waals surface area contributed by atoms with Crippen molar-refractivity contribution in [3.63, 3.8) is 0 Å². The average Bonchev–Trinajstić information content (AvgIpc) is 2.54. The largest absolute Gasteiger partial charge is 0.497 e. The summed E-state index contributed by atoms with van der Waals surface area (Å²) < 4.78 is 5.15. The van der Waals surface area contributed by atoms with Crippen molar-refractivity contribution in [2.45, 2.75) is 38.6 Å². The predicted molar refractivity (Wildman–Crippen MR) is 84.5 cm³/mol. The van der Waals surface area contributed by atoms with Crippen molar-refractivity contribution in [3.05, 3.63) is 29.8 Å². The molecule has 1 aliphatic rings. The van der Waals surface area contributed by atoms with Gasteiger partial charge in [0.1, 0.15) is 5.75 Å². The second-order valence-corrected chi connectivity index (χ2v) is 5.82. The van der Waals surface area contributed by atoms with E-state index in [9.17, 15) is 4.79 Å². The normalized spacial score (nSPS) is 17.2. The fraction of sp³-hybridized carbons (Fsp3) is 0.588. The van der Waals surface area contributed by atoms with E-state index in [0.29, 0.717) is 0 Å².